The average Bonchev–Trinajstić information content (AvgIpc) is 2.79. The zero-order valence-electron chi connectivity index (χ0n) is 13.9. The standard InChI is InChI=1S/C12H18O5S2.CH4O3S/c1-9(2)17-12(13)11-7-6-10(18-11)5-4-8-16-19(3,14)15;1-5(2,3)4/h6-7,9H,4-5,8H2,1-3H3;1H3,(H,2,3,4). The fraction of sp³-hybridized carbons (Fsp3) is 0.615. The van der Waals surface area contributed by atoms with Crippen molar-refractivity contribution in [2.45, 2.75) is 32.8 Å². The summed E-state index contributed by atoms with van der Waals surface area (Å²) in [6.45, 7) is 3.76. The first kappa shape index (κ1) is 23.0. The molecule has 0 fully saturated rings. The van der Waals surface area contributed by atoms with E-state index >= 15 is 0 Å². The lowest BCUT2D eigenvalue weighted by Crippen LogP contribution is -2.09. The number of rotatable bonds is 7. The third-order valence-electron chi connectivity index (χ3n) is 2.07. The van der Waals surface area contributed by atoms with Crippen molar-refractivity contribution in [3.8, 4) is 0 Å². The number of hydrogen-bond acceptors (Lipinski definition) is 8. The highest BCUT2D eigenvalue weighted by Crippen LogP contribution is 2.19. The van der Waals surface area contributed by atoms with E-state index in [-0.39, 0.29) is 18.7 Å². The number of hydrogen-bond donors (Lipinski definition) is 1. The van der Waals surface area contributed by atoms with Gasteiger partial charge >= 0.3 is 5.97 Å². The van der Waals surface area contributed by atoms with Crippen LogP contribution in [0.4, 0.5) is 0 Å². The molecule has 11 heteroatoms. The molecule has 1 aromatic rings. The summed E-state index contributed by atoms with van der Waals surface area (Å²) in [7, 11) is -7.04. The van der Waals surface area contributed by atoms with Gasteiger partial charge in [-0.3, -0.25) is 8.74 Å². The van der Waals surface area contributed by atoms with Gasteiger partial charge in [0.1, 0.15) is 4.88 Å². The van der Waals surface area contributed by atoms with E-state index in [2.05, 4.69) is 4.18 Å². The molecule has 0 atom stereocenters. The molecule has 140 valence electrons. The highest BCUT2D eigenvalue weighted by molar-refractivity contribution is 7.86. The summed E-state index contributed by atoms with van der Waals surface area (Å²) in [4.78, 5) is 13.2. The normalized spacial score (nSPS) is 11.8. The summed E-state index contributed by atoms with van der Waals surface area (Å²) in [5.74, 6) is -0.321. The molecule has 8 nitrogen and oxygen atoms in total. The molecule has 1 rings (SSSR count). The van der Waals surface area contributed by atoms with Crippen molar-refractivity contribution in [1.82, 2.24) is 0 Å². The van der Waals surface area contributed by atoms with Gasteiger partial charge in [0.2, 0.25) is 0 Å². The first-order valence-corrected chi connectivity index (χ1v) is 11.3. The van der Waals surface area contributed by atoms with Crippen LogP contribution in [0.5, 0.6) is 0 Å². The fourth-order valence-corrected chi connectivity index (χ4v) is 2.70. The molecule has 0 amide bonds. The lowest BCUT2D eigenvalue weighted by atomic mass is 10.3. The molecular weight excluding hydrogens is 380 g/mol. The zero-order valence-corrected chi connectivity index (χ0v) is 16.3. The molecule has 0 bridgehead atoms. The number of ether oxygens (including phenoxy) is 1. The molecule has 0 unspecified atom stereocenters. The fourth-order valence-electron chi connectivity index (χ4n) is 1.35. The maximum atomic E-state index is 11.6. The molecule has 0 aliphatic carbocycles. The first-order valence-electron chi connectivity index (χ1n) is 6.84. The van der Waals surface area contributed by atoms with Crippen LogP contribution < -0.4 is 0 Å². The van der Waals surface area contributed by atoms with Gasteiger partial charge in [0.05, 0.1) is 25.2 Å². The molecule has 0 saturated carbocycles. The van der Waals surface area contributed by atoms with Crippen LogP contribution in [-0.2, 0) is 35.6 Å². The second-order valence-electron chi connectivity index (χ2n) is 5.08. The van der Waals surface area contributed by atoms with Gasteiger partial charge in [0.15, 0.2) is 0 Å². The Morgan fingerprint density at radius 3 is 2.21 bits per heavy atom. The minimum absolute atomic E-state index is 0.138. The summed E-state index contributed by atoms with van der Waals surface area (Å²) in [5, 5.41) is 0. The Morgan fingerprint density at radius 2 is 1.75 bits per heavy atom. The van der Waals surface area contributed by atoms with E-state index in [1.54, 1.807) is 19.9 Å². The smallest absolute Gasteiger partial charge is 0.348 e. The van der Waals surface area contributed by atoms with Crippen LogP contribution in [0, 0.1) is 0 Å². The second-order valence-corrected chi connectivity index (χ2v) is 9.36. The van der Waals surface area contributed by atoms with E-state index in [4.69, 9.17) is 9.29 Å². The van der Waals surface area contributed by atoms with Gasteiger partial charge in [0.25, 0.3) is 20.2 Å². The number of thiophene rings is 1. The monoisotopic (exact) mass is 402 g/mol. The summed E-state index contributed by atoms with van der Waals surface area (Å²) in [6, 6.07) is 3.57. The van der Waals surface area contributed by atoms with Crippen molar-refractivity contribution < 1.29 is 35.1 Å². The van der Waals surface area contributed by atoms with Crippen molar-refractivity contribution in [3.63, 3.8) is 0 Å². The Kier molecular flexibility index (Phi) is 9.66. The van der Waals surface area contributed by atoms with Crippen LogP contribution in [-0.4, -0.2) is 52.6 Å². The topological polar surface area (TPSA) is 124 Å². The summed E-state index contributed by atoms with van der Waals surface area (Å²) < 4.78 is 57.1. The Balaban J connectivity index is 0.000000922. The maximum absolute atomic E-state index is 11.6. The Hall–Kier alpha value is -1.01. The Bertz CT molecular complexity index is 708. The highest BCUT2D eigenvalue weighted by Gasteiger charge is 2.12. The van der Waals surface area contributed by atoms with E-state index in [9.17, 15) is 21.6 Å². The van der Waals surface area contributed by atoms with E-state index in [1.165, 1.54) is 11.3 Å². The van der Waals surface area contributed by atoms with Crippen molar-refractivity contribution in [3.05, 3.63) is 21.9 Å². The van der Waals surface area contributed by atoms with E-state index < -0.39 is 20.2 Å². The lowest BCUT2D eigenvalue weighted by molar-refractivity contribution is 0.0383. The summed E-state index contributed by atoms with van der Waals surface area (Å²) in [5.41, 5.74) is 0. The highest BCUT2D eigenvalue weighted by atomic mass is 32.2. The number of aryl methyl sites for hydroxylation is 1. The molecule has 0 saturated heterocycles. The molecular formula is C13H22O8S3. The third-order valence-corrected chi connectivity index (χ3v) is 3.79. The van der Waals surface area contributed by atoms with Gasteiger partial charge in [-0.1, -0.05) is 0 Å². The molecule has 0 aliphatic rings. The van der Waals surface area contributed by atoms with Gasteiger partial charge in [0, 0.05) is 4.88 Å². The zero-order chi connectivity index (χ0) is 19.0. The maximum Gasteiger partial charge on any atom is 0.348 e. The van der Waals surface area contributed by atoms with Crippen molar-refractivity contribution in [1.29, 1.82) is 0 Å². The lowest BCUT2D eigenvalue weighted by Gasteiger charge is -2.05. The molecule has 0 spiro atoms. The van der Waals surface area contributed by atoms with Gasteiger partial charge in [-0.05, 0) is 38.8 Å². The molecule has 0 aromatic carbocycles. The molecule has 0 aliphatic heterocycles. The number of esters is 1. The third kappa shape index (κ3) is 14.6. The molecule has 1 heterocycles. The average molecular weight is 403 g/mol. The van der Waals surface area contributed by atoms with Gasteiger partial charge in [-0.15, -0.1) is 11.3 Å². The van der Waals surface area contributed by atoms with Crippen molar-refractivity contribution in [2.75, 3.05) is 19.1 Å². The van der Waals surface area contributed by atoms with Crippen LogP contribution in [0.1, 0.15) is 34.8 Å². The van der Waals surface area contributed by atoms with Gasteiger partial charge in [-0.25, -0.2) is 4.79 Å². The van der Waals surface area contributed by atoms with E-state index in [1.807, 2.05) is 6.07 Å². The van der Waals surface area contributed by atoms with Gasteiger partial charge < -0.3 is 4.74 Å². The summed E-state index contributed by atoms with van der Waals surface area (Å²) >= 11 is 1.36. The van der Waals surface area contributed by atoms with E-state index in [0.717, 1.165) is 11.1 Å². The molecule has 0 radical (unpaired) electrons. The molecule has 24 heavy (non-hydrogen) atoms. The largest absolute Gasteiger partial charge is 0.459 e. The van der Waals surface area contributed by atoms with E-state index in [0.29, 0.717) is 24.0 Å². The van der Waals surface area contributed by atoms with Crippen LogP contribution >= 0.6 is 11.3 Å². The quantitative estimate of drug-likeness (QED) is 0.316. The minimum Gasteiger partial charge on any atom is -0.459 e. The molecule has 1 N–H and O–H groups in total. The predicted molar refractivity (Wildman–Crippen MR) is 91.5 cm³/mol. The first-order chi connectivity index (χ1) is 10.8. The Morgan fingerprint density at radius 1 is 1.21 bits per heavy atom. The summed E-state index contributed by atoms with van der Waals surface area (Å²) in [6.07, 6.45) is 2.87. The van der Waals surface area contributed by atoms with Crippen LogP contribution in [0.15, 0.2) is 12.1 Å². The molecule has 1 aromatic heterocycles. The van der Waals surface area contributed by atoms with Crippen LogP contribution in [0.25, 0.3) is 0 Å². The van der Waals surface area contributed by atoms with Crippen LogP contribution in [0.2, 0.25) is 0 Å². The van der Waals surface area contributed by atoms with Crippen LogP contribution in [0.3, 0.4) is 0 Å². The van der Waals surface area contributed by atoms with Crippen molar-refractivity contribution in [2.24, 2.45) is 0 Å². The SMILES string of the molecule is CC(C)OC(=O)c1ccc(CCCOS(C)(=O)=O)s1.CS(=O)(=O)O. The van der Waals surface area contributed by atoms with Gasteiger partial charge in [-0.2, -0.15) is 16.8 Å². The number of carbonyl (C=O) groups excluding carboxylic acids is 1. The second kappa shape index (κ2) is 10.1. The Labute approximate surface area is 146 Å². The van der Waals surface area contributed by atoms with Crippen molar-refractivity contribution >= 4 is 37.5 Å². The number of carbonyl (C=O) groups is 1. The predicted octanol–water partition coefficient (Wildman–Crippen LogP) is 1.73. The minimum atomic E-state index is -3.67.